The van der Waals surface area contributed by atoms with Crippen LogP contribution in [-0.4, -0.2) is 31.5 Å². The first-order chi connectivity index (χ1) is 11.7. The van der Waals surface area contributed by atoms with Crippen molar-refractivity contribution in [2.24, 2.45) is 0 Å². The van der Waals surface area contributed by atoms with Crippen LogP contribution in [0.3, 0.4) is 0 Å². The Kier molecular flexibility index (Phi) is 3.49. The van der Waals surface area contributed by atoms with Gasteiger partial charge < -0.3 is 9.64 Å². The highest BCUT2D eigenvalue weighted by Crippen LogP contribution is 2.40. The van der Waals surface area contributed by atoms with Gasteiger partial charge in [0.25, 0.3) is 5.91 Å². The molecule has 0 saturated heterocycles. The quantitative estimate of drug-likeness (QED) is 0.873. The third-order valence-corrected chi connectivity index (χ3v) is 4.49. The van der Waals surface area contributed by atoms with Gasteiger partial charge in [-0.15, -0.1) is 0 Å². The van der Waals surface area contributed by atoms with Gasteiger partial charge in [0.2, 0.25) is 5.91 Å². The predicted octanol–water partition coefficient (Wildman–Crippen LogP) is 2.85. The topological polar surface area (TPSA) is 49.9 Å². The van der Waals surface area contributed by atoms with Crippen molar-refractivity contribution in [2.75, 3.05) is 23.5 Å². The van der Waals surface area contributed by atoms with E-state index in [-0.39, 0.29) is 24.4 Å². The van der Waals surface area contributed by atoms with Gasteiger partial charge in [0.15, 0.2) is 0 Å². The van der Waals surface area contributed by atoms with E-state index >= 15 is 0 Å². The predicted molar refractivity (Wildman–Crippen MR) is 91.6 cm³/mol. The Morgan fingerprint density at radius 3 is 2.33 bits per heavy atom. The Balaban J connectivity index is 1.70. The molecule has 1 aliphatic carbocycles. The summed E-state index contributed by atoms with van der Waals surface area (Å²) in [7, 11) is 1.59. The van der Waals surface area contributed by atoms with Gasteiger partial charge in [-0.05, 0) is 49.2 Å². The number of para-hydroxylation sites is 2. The first-order valence-corrected chi connectivity index (χ1v) is 8.06. The minimum atomic E-state index is -0.172. The third-order valence-electron chi connectivity index (χ3n) is 4.49. The van der Waals surface area contributed by atoms with Crippen LogP contribution >= 0.6 is 0 Å². The highest BCUT2D eigenvalue weighted by molar-refractivity contribution is 6.16. The van der Waals surface area contributed by atoms with E-state index in [0.717, 1.165) is 24.2 Å². The summed E-state index contributed by atoms with van der Waals surface area (Å²) in [5.74, 6) is 0.508. The molecule has 0 N–H and O–H groups in total. The van der Waals surface area contributed by atoms with Gasteiger partial charge in [0, 0.05) is 11.6 Å². The number of hydrogen-bond acceptors (Lipinski definition) is 3. The van der Waals surface area contributed by atoms with Gasteiger partial charge in [-0.3, -0.25) is 14.5 Å². The molecule has 5 nitrogen and oxygen atoms in total. The van der Waals surface area contributed by atoms with Crippen LogP contribution in [0.25, 0.3) is 0 Å². The van der Waals surface area contributed by atoms with E-state index in [2.05, 4.69) is 0 Å². The largest absolute Gasteiger partial charge is 0.497 e. The molecular formula is C19H18N2O3. The number of rotatable bonds is 3. The van der Waals surface area contributed by atoms with Crippen molar-refractivity contribution in [3.8, 4) is 5.75 Å². The molecule has 2 amide bonds. The average Bonchev–Trinajstić information content (AvgIpc) is 3.45. The van der Waals surface area contributed by atoms with E-state index in [1.807, 2.05) is 29.2 Å². The number of carbonyl (C=O) groups is 2. The lowest BCUT2D eigenvalue weighted by Gasteiger charge is -2.36. The Morgan fingerprint density at radius 1 is 1.04 bits per heavy atom. The van der Waals surface area contributed by atoms with E-state index in [0.29, 0.717) is 11.3 Å². The maximum absolute atomic E-state index is 12.9. The molecule has 1 aliphatic heterocycles. The molecule has 4 rings (SSSR count). The lowest BCUT2D eigenvalue weighted by atomic mass is 10.1. The van der Waals surface area contributed by atoms with E-state index in [9.17, 15) is 9.59 Å². The van der Waals surface area contributed by atoms with Crippen LogP contribution < -0.4 is 14.5 Å². The number of anilines is 2. The molecule has 2 aromatic carbocycles. The maximum atomic E-state index is 12.9. The van der Waals surface area contributed by atoms with Crippen LogP contribution in [-0.2, 0) is 4.79 Å². The molecule has 1 fully saturated rings. The Morgan fingerprint density at radius 2 is 1.71 bits per heavy atom. The molecule has 0 radical (unpaired) electrons. The molecular weight excluding hydrogens is 304 g/mol. The van der Waals surface area contributed by atoms with Crippen molar-refractivity contribution < 1.29 is 14.3 Å². The summed E-state index contributed by atoms with van der Waals surface area (Å²) >= 11 is 0. The highest BCUT2D eigenvalue weighted by atomic mass is 16.5. The zero-order valence-electron chi connectivity index (χ0n) is 13.4. The van der Waals surface area contributed by atoms with E-state index in [1.165, 1.54) is 0 Å². The minimum Gasteiger partial charge on any atom is -0.497 e. The fraction of sp³-hybridized carbons (Fsp3) is 0.263. The summed E-state index contributed by atoms with van der Waals surface area (Å²) in [5.41, 5.74) is 2.17. The molecule has 1 saturated carbocycles. The molecule has 2 aliphatic rings. The normalized spacial score (nSPS) is 16.8. The minimum absolute atomic E-state index is 0.0157. The van der Waals surface area contributed by atoms with Crippen molar-refractivity contribution in [1.82, 2.24) is 0 Å². The summed E-state index contributed by atoms with van der Waals surface area (Å²) in [5, 5.41) is 0. The van der Waals surface area contributed by atoms with Gasteiger partial charge in [-0.1, -0.05) is 12.1 Å². The number of nitrogens with zero attached hydrogens (tertiary/aromatic N) is 2. The molecule has 0 bridgehead atoms. The lowest BCUT2D eigenvalue weighted by Crippen LogP contribution is -2.49. The Bertz CT molecular complexity index is 797. The van der Waals surface area contributed by atoms with Crippen LogP contribution in [0.5, 0.6) is 5.75 Å². The molecule has 5 heteroatoms. The molecule has 2 aromatic rings. The van der Waals surface area contributed by atoms with Crippen LogP contribution in [0.2, 0.25) is 0 Å². The molecule has 0 unspecified atom stereocenters. The fourth-order valence-corrected chi connectivity index (χ4v) is 3.13. The number of hydrogen-bond donors (Lipinski definition) is 0. The highest BCUT2D eigenvalue weighted by Gasteiger charge is 2.40. The molecule has 122 valence electrons. The first-order valence-electron chi connectivity index (χ1n) is 8.06. The fourth-order valence-electron chi connectivity index (χ4n) is 3.13. The van der Waals surface area contributed by atoms with Gasteiger partial charge in [-0.25, -0.2) is 0 Å². The molecule has 0 atom stereocenters. The Hall–Kier alpha value is -2.82. The SMILES string of the molecule is COc1ccc(C(=O)N2CC(=O)N(C3CC3)c3ccccc32)cc1. The zero-order valence-corrected chi connectivity index (χ0v) is 13.4. The van der Waals surface area contributed by atoms with E-state index < -0.39 is 0 Å². The van der Waals surface area contributed by atoms with Crippen molar-refractivity contribution in [1.29, 1.82) is 0 Å². The number of benzene rings is 2. The van der Waals surface area contributed by atoms with Crippen LogP contribution in [0.4, 0.5) is 11.4 Å². The van der Waals surface area contributed by atoms with Crippen molar-refractivity contribution >= 4 is 23.2 Å². The van der Waals surface area contributed by atoms with Gasteiger partial charge >= 0.3 is 0 Å². The van der Waals surface area contributed by atoms with Gasteiger partial charge in [-0.2, -0.15) is 0 Å². The third kappa shape index (κ3) is 2.42. The second-order valence-electron chi connectivity index (χ2n) is 6.10. The van der Waals surface area contributed by atoms with Crippen molar-refractivity contribution in [3.05, 3.63) is 54.1 Å². The zero-order chi connectivity index (χ0) is 16.7. The number of ether oxygens (including phenoxy) is 1. The maximum Gasteiger partial charge on any atom is 0.258 e. The van der Waals surface area contributed by atoms with Crippen molar-refractivity contribution in [3.63, 3.8) is 0 Å². The number of methoxy groups -OCH3 is 1. The number of amides is 2. The van der Waals surface area contributed by atoms with Crippen LogP contribution in [0.15, 0.2) is 48.5 Å². The average molecular weight is 322 g/mol. The summed E-state index contributed by atoms with van der Waals surface area (Å²) in [6.45, 7) is 0.0817. The number of fused-ring (bicyclic) bond motifs is 1. The summed E-state index contributed by atoms with van der Waals surface area (Å²) in [6, 6.07) is 14.9. The van der Waals surface area contributed by atoms with Crippen LogP contribution in [0.1, 0.15) is 23.2 Å². The summed E-state index contributed by atoms with van der Waals surface area (Å²) < 4.78 is 5.13. The lowest BCUT2D eigenvalue weighted by molar-refractivity contribution is -0.117. The summed E-state index contributed by atoms with van der Waals surface area (Å²) in [4.78, 5) is 28.9. The second-order valence-corrected chi connectivity index (χ2v) is 6.10. The number of carbonyl (C=O) groups excluding carboxylic acids is 2. The van der Waals surface area contributed by atoms with Gasteiger partial charge in [0.05, 0.1) is 18.5 Å². The molecule has 1 heterocycles. The molecule has 24 heavy (non-hydrogen) atoms. The van der Waals surface area contributed by atoms with Gasteiger partial charge in [0.1, 0.15) is 12.3 Å². The smallest absolute Gasteiger partial charge is 0.258 e. The van der Waals surface area contributed by atoms with E-state index in [4.69, 9.17) is 4.74 Å². The molecule has 0 spiro atoms. The van der Waals surface area contributed by atoms with Crippen molar-refractivity contribution in [2.45, 2.75) is 18.9 Å². The first kappa shape index (κ1) is 14.8. The molecule has 0 aromatic heterocycles. The van der Waals surface area contributed by atoms with E-state index in [1.54, 1.807) is 36.3 Å². The van der Waals surface area contributed by atoms with Crippen LogP contribution in [0, 0.1) is 0 Å². The second kappa shape index (κ2) is 5.67. The Labute approximate surface area is 140 Å². The standard InChI is InChI=1S/C19H18N2O3/c1-24-15-10-6-13(7-11-15)19(23)20-12-18(22)21(14-8-9-14)17-5-3-2-4-16(17)20/h2-7,10-11,14H,8-9,12H2,1H3. The summed E-state index contributed by atoms with van der Waals surface area (Å²) in [6.07, 6.45) is 2.07. The monoisotopic (exact) mass is 322 g/mol.